The van der Waals surface area contributed by atoms with Crippen molar-refractivity contribution in [2.45, 2.75) is 0 Å². The Kier molecular flexibility index (Phi) is 7.17. The molecular formula is C52H35N3. The second-order valence-corrected chi connectivity index (χ2v) is 14.2. The van der Waals surface area contributed by atoms with Gasteiger partial charge in [-0.25, -0.2) is 0 Å². The van der Waals surface area contributed by atoms with Crippen LogP contribution in [0.5, 0.6) is 0 Å². The molecule has 0 aliphatic heterocycles. The van der Waals surface area contributed by atoms with Gasteiger partial charge >= 0.3 is 0 Å². The van der Waals surface area contributed by atoms with Crippen molar-refractivity contribution in [2.24, 2.45) is 0 Å². The summed E-state index contributed by atoms with van der Waals surface area (Å²) in [7, 11) is 0. The van der Waals surface area contributed by atoms with E-state index in [9.17, 15) is 0 Å². The van der Waals surface area contributed by atoms with E-state index in [-0.39, 0.29) is 0 Å². The molecule has 0 spiro atoms. The van der Waals surface area contributed by atoms with E-state index in [0.29, 0.717) is 0 Å². The Hall–Kier alpha value is -7.36. The van der Waals surface area contributed by atoms with E-state index in [4.69, 9.17) is 0 Å². The number of anilines is 3. The lowest BCUT2D eigenvalue weighted by molar-refractivity contribution is 1.13. The standard InChI is InChI=1S/C52H35N3/c1-5-15-39(16-6-1)53-30-29-37-31-38-32-45(36-25-27-43(28-26-36)54(40-17-7-2-8-18-40)41-19-9-3-10-20-41)48-35-52-49(33-47(48)46(38)34-51(37)53)44-23-13-14-24-50(44)55(52)42-21-11-4-12-22-42/h1-35H. The van der Waals surface area contributed by atoms with E-state index in [2.05, 4.69) is 226 Å². The van der Waals surface area contributed by atoms with Gasteiger partial charge in [0.05, 0.1) is 16.6 Å². The van der Waals surface area contributed by atoms with E-state index in [1.165, 1.54) is 65.4 Å². The van der Waals surface area contributed by atoms with Crippen LogP contribution in [0.25, 0.3) is 76.8 Å². The fourth-order valence-corrected chi connectivity index (χ4v) is 8.55. The van der Waals surface area contributed by atoms with E-state index < -0.39 is 0 Å². The summed E-state index contributed by atoms with van der Waals surface area (Å²) < 4.78 is 4.72. The summed E-state index contributed by atoms with van der Waals surface area (Å²) in [5.41, 5.74) is 11.7. The van der Waals surface area contributed by atoms with Crippen LogP contribution in [0.3, 0.4) is 0 Å². The van der Waals surface area contributed by atoms with Crippen LogP contribution in [0.15, 0.2) is 212 Å². The molecule has 0 amide bonds. The quantitative estimate of drug-likeness (QED) is 0.157. The third kappa shape index (κ3) is 5.13. The molecule has 0 radical (unpaired) electrons. The van der Waals surface area contributed by atoms with E-state index in [0.717, 1.165) is 28.4 Å². The molecule has 3 nitrogen and oxygen atoms in total. The van der Waals surface area contributed by atoms with Crippen LogP contribution in [0.2, 0.25) is 0 Å². The van der Waals surface area contributed by atoms with Gasteiger partial charge in [0.2, 0.25) is 0 Å². The van der Waals surface area contributed by atoms with Crippen LogP contribution in [0, 0.1) is 0 Å². The number of hydrogen-bond donors (Lipinski definition) is 0. The van der Waals surface area contributed by atoms with Crippen molar-refractivity contribution >= 4 is 71.3 Å². The Morgan fingerprint density at radius 2 is 0.909 bits per heavy atom. The molecule has 11 rings (SSSR count). The first kappa shape index (κ1) is 31.2. The van der Waals surface area contributed by atoms with Gasteiger partial charge in [-0.15, -0.1) is 0 Å². The second kappa shape index (κ2) is 12.6. The van der Waals surface area contributed by atoms with E-state index in [1.807, 2.05) is 0 Å². The summed E-state index contributed by atoms with van der Waals surface area (Å²) in [6.45, 7) is 0. The molecule has 0 aliphatic rings. The lowest BCUT2D eigenvalue weighted by atomic mass is 9.91. The predicted octanol–water partition coefficient (Wildman–Crippen LogP) is 14.2. The highest BCUT2D eigenvalue weighted by atomic mass is 15.1. The van der Waals surface area contributed by atoms with Crippen LogP contribution < -0.4 is 4.90 Å². The normalized spacial score (nSPS) is 11.6. The third-order valence-electron chi connectivity index (χ3n) is 11.1. The highest BCUT2D eigenvalue weighted by Gasteiger charge is 2.19. The largest absolute Gasteiger partial charge is 0.317 e. The first-order valence-electron chi connectivity index (χ1n) is 18.8. The number of aromatic nitrogens is 2. The molecule has 0 N–H and O–H groups in total. The van der Waals surface area contributed by atoms with Gasteiger partial charge in [-0.05, 0) is 136 Å². The van der Waals surface area contributed by atoms with Crippen LogP contribution >= 0.6 is 0 Å². The highest BCUT2D eigenvalue weighted by molar-refractivity contribution is 6.23. The van der Waals surface area contributed by atoms with Crippen molar-refractivity contribution in [3.8, 4) is 22.5 Å². The van der Waals surface area contributed by atoms with Crippen molar-refractivity contribution < 1.29 is 0 Å². The molecule has 2 aromatic heterocycles. The maximum atomic E-state index is 2.45. The van der Waals surface area contributed by atoms with Crippen LogP contribution in [0.1, 0.15) is 0 Å². The van der Waals surface area contributed by atoms with Crippen molar-refractivity contribution in [2.75, 3.05) is 4.90 Å². The van der Waals surface area contributed by atoms with Gasteiger partial charge in [0.15, 0.2) is 0 Å². The average Bonchev–Trinajstić information content (AvgIpc) is 3.82. The molecule has 55 heavy (non-hydrogen) atoms. The molecule has 11 aromatic rings. The molecule has 0 atom stereocenters. The number of benzene rings is 9. The van der Waals surface area contributed by atoms with Crippen LogP contribution in [0.4, 0.5) is 17.1 Å². The van der Waals surface area contributed by atoms with Gasteiger partial charge in [-0.1, -0.05) is 103 Å². The van der Waals surface area contributed by atoms with Crippen molar-refractivity contribution in [3.05, 3.63) is 212 Å². The number of rotatable bonds is 6. The van der Waals surface area contributed by atoms with E-state index >= 15 is 0 Å². The van der Waals surface area contributed by atoms with Gasteiger partial charge in [0.25, 0.3) is 0 Å². The third-order valence-corrected chi connectivity index (χ3v) is 11.1. The maximum absolute atomic E-state index is 2.45. The molecule has 2 heterocycles. The molecule has 258 valence electrons. The number of nitrogens with zero attached hydrogens (tertiary/aromatic N) is 3. The molecular weight excluding hydrogens is 667 g/mol. The maximum Gasteiger partial charge on any atom is 0.0547 e. The summed E-state index contributed by atoms with van der Waals surface area (Å²) in [6, 6.07) is 74.7. The SMILES string of the molecule is c1ccc(N(c2ccccc2)c2ccc(-c3cc4cc5ccn(-c6ccccc6)c5cc4c4cc5c6ccccc6n(-c6ccccc6)c5cc34)cc2)cc1. The van der Waals surface area contributed by atoms with Gasteiger partial charge in [0, 0.05) is 50.8 Å². The minimum absolute atomic E-state index is 1.11. The Bertz CT molecular complexity index is 3120. The smallest absolute Gasteiger partial charge is 0.0547 e. The van der Waals surface area contributed by atoms with Crippen molar-refractivity contribution in [3.63, 3.8) is 0 Å². The van der Waals surface area contributed by atoms with Crippen LogP contribution in [-0.2, 0) is 0 Å². The van der Waals surface area contributed by atoms with E-state index in [1.54, 1.807) is 0 Å². The summed E-state index contributed by atoms with van der Waals surface area (Å²) in [4.78, 5) is 2.32. The van der Waals surface area contributed by atoms with Gasteiger partial charge < -0.3 is 14.0 Å². The van der Waals surface area contributed by atoms with Crippen LogP contribution in [-0.4, -0.2) is 9.13 Å². The molecule has 0 fully saturated rings. The zero-order valence-corrected chi connectivity index (χ0v) is 30.0. The van der Waals surface area contributed by atoms with Gasteiger partial charge in [-0.2, -0.15) is 0 Å². The molecule has 9 aromatic carbocycles. The average molecular weight is 702 g/mol. The van der Waals surface area contributed by atoms with Crippen molar-refractivity contribution in [1.82, 2.24) is 9.13 Å². The summed E-state index contributed by atoms with van der Waals surface area (Å²) in [5.74, 6) is 0. The number of para-hydroxylation sites is 5. The zero-order chi connectivity index (χ0) is 36.3. The molecule has 0 aliphatic carbocycles. The lowest BCUT2D eigenvalue weighted by Crippen LogP contribution is -2.09. The Labute approximate surface area is 319 Å². The Morgan fingerprint density at radius 1 is 0.327 bits per heavy atom. The zero-order valence-electron chi connectivity index (χ0n) is 30.0. The summed E-state index contributed by atoms with van der Waals surface area (Å²) in [5, 5.41) is 8.68. The predicted molar refractivity (Wildman–Crippen MR) is 233 cm³/mol. The van der Waals surface area contributed by atoms with Gasteiger partial charge in [0.1, 0.15) is 0 Å². The molecule has 0 bridgehead atoms. The monoisotopic (exact) mass is 701 g/mol. The fraction of sp³-hybridized carbons (Fsp3) is 0. The fourth-order valence-electron chi connectivity index (χ4n) is 8.55. The number of fused-ring (bicyclic) bond motifs is 7. The van der Waals surface area contributed by atoms with Crippen molar-refractivity contribution in [1.29, 1.82) is 0 Å². The first-order valence-corrected chi connectivity index (χ1v) is 18.8. The summed E-state index contributed by atoms with van der Waals surface area (Å²) in [6.07, 6.45) is 2.19. The Balaban J connectivity index is 1.18. The topological polar surface area (TPSA) is 13.1 Å². The number of hydrogen-bond acceptors (Lipinski definition) is 1. The first-order chi connectivity index (χ1) is 27.3. The Morgan fingerprint density at radius 3 is 1.60 bits per heavy atom. The van der Waals surface area contributed by atoms with Gasteiger partial charge in [-0.3, -0.25) is 0 Å². The molecule has 0 saturated heterocycles. The highest BCUT2D eigenvalue weighted by Crippen LogP contribution is 2.43. The molecule has 0 saturated carbocycles. The molecule has 0 unspecified atom stereocenters. The summed E-state index contributed by atoms with van der Waals surface area (Å²) >= 11 is 0. The lowest BCUT2D eigenvalue weighted by Gasteiger charge is -2.25. The minimum atomic E-state index is 1.11. The second-order valence-electron chi connectivity index (χ2n) is 14.2. The minimum Gasteiger partial charge on any atom is -0.317 e. The molecule has 3 heteroatoms.